The van der Waals surface area contributed by atoms with Gasteiger partial charge in [-0.25, -0.2) is 0 Å². The van der Waals surface area contributed by atoms with E-state index in [1.54, 1.807) is 0 Å². The molecule has 1 atom stereocenters. The molecule has 1 heterocycles. The number of carboxylic acid groups (broad SMARTS) is 2. The predicted molar refractivity (Wildman–Crippen MR) is 102 cm³/mol. The summed E-state index contributed by atoms with van der Waals surface area (Å²) in [6.07, 6.45) is -4.69. The van der Waals surface area contributed by atoms with Crippen molar-refractivity contribution < 1.29 is 33.0 Å². The second-order valence-electron chi connectivity index (χ2n) is 6.92. The van der Waals surface area contributed by atoms with Gasteiger partial charge in [0.05, 0.1) is 29.1 Å². The average Bonchev–Trinajstić information content (AvgIpc) is 2.72. The standard InChI is InChI=1S/C22H16F3N3O4/c1-11-16(20(29)30)17(13-7-5-12(10-26)6-8-13)18(21(31)32)19(27)28(11)15-4-2-3-14(9-15)22(23,24)25/h2-9,17H,27H2,1H3,(H,29,30)(H,31,32)/p-2. The fraction of sp³-hybridized carbons (Fsp3) is 0.136. The van der Waals surface area contributed by atoms with E-state index in [0.717, 1.165) is 23.1 Å². The maximum absolute atomic E-state index is 13.2. The highest BCUT2D eigenvalue weighted by Gasteiger charge is 2.36. The third kappa shape index (κ3) is 3.88. The van der Waals surface area contributed by atoms with Gasteiger partial charge in [0.1, 0.15) is 5.82 Å². The predicted octanol–water partition coefficient (Wildman–Crippen LogP) is 1.12. The molecule has 0 bridgehead atoms. The van der Waals surface area contributed by atoms with E-state index in [1.807, 2.05) is 6.07 Å². The maximum atomic E-state index is 13.2. The first-order valence-electron chi connectivity index (χ1n) is 9.08. The Bertz CT molecular complexity index is 1170. The summed E-state index contributed by atoms with van der Waals surface area (Å²) in [6.45, 7) is 1.28. The minimum absolute atomic E-state index is 0.124. The van der Waals surface area contributed by atoms with E-state index in [-0.39, 0.29) is 22.5 Å². The Labute approximate surface area is 180 Å². The quantitative estimate of drug-likeness (QED) is 0.752. The minimum atomic E-state index is -4.69. The van der Waals surface area contributed by atoms with Crippen LogP contribution in [0.5, 0.6) is 0 Å². The van der Waals surface area contributed by atoms with Crippen molar-refractivity contribution in [3.05, 3.63) is 87.9 Å². The van der Waals surface area contributed by atoms with Crippen molar-refractivity contribution in [2.24, 2.45) is 5.73 Å². The van der Waals surface area contributed by atoms with Gasteiger partial charge in [-0.05, 0) is 42.8 Å². The number of hydrogen-bond donors (Lipinski definition) is 1. The number of carboxylic acids is 2. The monoisotopic (exact) mass is 441 g/mol. The number of nitrogens with zero attached hydrogens (tertiary/aromatic N) is 2. The molecule has 0 amide bonds. The van der Waals surface area contributed by atoms with Crippen LogP contribution in [0.25, 0.3) is 0 Å². The Kier molecular flexibility index (Phi) is 5.68. The van der Waals surface area contributed by atoms with E-state index in [4.69, 9.17) is 11.0 Å². The Morgan fingerprint density at radius 1 is 1.06 bits per heavy atom. The van der Waals surface area contributed by atoms with Gasteiger partial charge in [-0.2, -0.15) is 18.4 Å². The first-order chi connectivity index (χ1) is 15.0. The summed E-state index contributed by atoms with van der Waals surface area (Å²) in [6, 6.07) is 11.2. The van der Waals surface area contributed by atoms with E-state index in [2.05, 4.69) is 0 Å². The molecule has 164 valence electrons. The fourth-order valence-corrected chi connectivity index (χ4v) is 3.65. The van der Waals surface area contributed by atoms with Gasteiger partial charge >= 0.3 is 6.18 Å². The number of allylic oxidation sites excluding steroid dienone is 1. The van der Waals surface area contributed by atoms with Gasteiger partial charge in [0.15, 0.2) is 0 Å². The third-order valence-electron chi connectivity index (χ3n) is 5.06. The molecule has 32 heavy (non-hydrogen) atoms. The van der Waals surface area contributed by atoms with Crippen molar-refractivity contribution in [1.82, 2.24) is 0 Å². The summed E-state index contributed by atoms with van der Waals surface area (Å²) in [5, 5.41) is 33.0. The van der Waals surface area contributed by atoms with Crippen molar-refractivity contribution >= 4 is 17.6 Å². The van der Waals surface area contributed by atoms with E-state index in [0.29, 0.717) is 0 Å². The van der Waals surface area contributed by atoms with Crippen molar-refractivity contribution in [2.45, 2.75) is 19.0 Å². The summed E-state index contributed by atoms with van der Waals surface area (Å²) < 4.78 is 39.5. The van der Waals surface area contributed by atoms with Crippen LogP contribution in [0.2, 0.25) is 0 Å². The fourth-order valence-electron chi connectivity index (χ4n) is 3.65. The van der Waals surface area contributed by atoms with Crippen LogP contribution in [-0.2, 0) is 15.8 Å². The number of nitriles is 1. The third-order valence-corrected chi connectivity index (χ3v) is 5.06. The second-order valence-corrected chi connectivity index (χ2v) is 6.92. The van der Waals surface area contributed by atoms with Crippen LogP contribution in [0.4, 0.5) is 18.9 Å². The SMILES string of the molecule is CC1=C(C(=O)[O-])C(c2ccc(C#N)cc2)C(C(=O)[O-])=C(N)N1c1cccc(C(F)(F)F)c1. The molecule has 0 saturated carbocycles. The first kappa shape index (κ1) is 22.4. The number of aliphatic carboxylic acids is 2. The molecule has 2 N–H and O–H groups in total. The lowest BCUT2D eigenvalue weighted by atomic mass is 9.80. The van der Waals surface area contributed by atoms with Crippen molar-refractivity contribution in [2.75, 3.05) is 4.90 Å². The van der Waals surface area contributed by atoms with E-state index >= 15 is 0 Å². The molecule has 0 saturated heterocycles. The number of anilines is 1. The number of carbonyl (C=O) groups excluding carboxylic acids is 2. The van der Waals surface area contributed by atoms with Gasteiger partial charge in [0, 0.05) is 28.4 Å². The Balaban J connectivity index is 2.28. The van der Waals surface area contributed by atoms with Crippen molar-refractivity contribution in [3.8, 4) is 6.07 Å². The van der Waals surface area contributed by atoms with Crippen molar-refractivity contribution in [1.29, 1.82) is 5.26 Å². The zero-order valence-electron chi connectivity index (χ0n) is 16.4. The lowest BCUT2D eigenvalue weighted by molar-refractivity contribution is -0.300. The van der Waals surface area contributed by atoms with E-state index < -0.39 is 46.6 Å². The Morgan fingerprint density at radius 3 is 2.16 bits per heavy atom. The number of halogens is 3. The molecule has 0 aliphatic carbocycles. The minimum Gasteiger partial charge on any atom is -0.545 e. The highest BCUT2D eigenvalue weighted by Crippen LogP contribution is 2.43. The van der Waals surface area contributed by atoms with Crippen LogP contribution in [0.1, 0.15) is 29.5 Å². The van der Waals surface area contributed by atoms with Gasteiger partial charge in [-0.1, -0.05) is 18.2 Å². The number of nitrogens with two attached hydrogens (primary N) is 1. The molecule has 0 fully saturated rings. The highest BCUT2D eigenvalue weighted by molar-refractivity contribution is 5.98. The summed E-state index contributed by atoms with van der Waals surface area (Å²) in [5.41, 5.74) is 3.96. The molecule has 10 heteroatoms. The number of hydrogen-bond acceptors (Lipinski definition) is 7. The topological polar surface area (TPSA) is 133 Å². The molecular formula is C22H14F3N3O4-2. The molecule has 7 nitrogen and oxygen atoms in total. The average molecular weight is 441 g/mol. The molecule has 3 rings (SSSR count). The van der Waals surface area contributed by atoms with Gasteiger partial charge in [0.2, 0.25) is 0 Å². The van der Waals surface area contributed by atoms with Crippen LogP contribution in [-0.4, -0.2) is 11.9 Å². The van der Waals surface area contributed by atoms with Gasteiger partial charge in [-0.3, -0.25) is 0 Å². The van der Waals surface area contributed by atoms with Gasteiger partial charge < -0.3 is 30.4 Å². The molecule has 1 aliphatic rings. The maximum Gasteiger partial charge on any atom is 0.416 e. The van der Waals surface area contributed by atoms with E-state index in [9.17, 15) is 33.0 Å². The molecule has 0 spiro atoms. The lowest BCUT2D eigenvalue weighted by Crippen LogP contribution is -2.44. The Morgan fingerprint density at radius 2 is 1.66 bits per heavy atom. The summed E-state index contributed by atoms with van der Waals surface area (Å²) >= 11 is 0. The summed E-state index contributed by atoms with van der Waals surface area (Å²) in [4.78, 5) is 25.0. The molecule has 0 radical (unpaired) electrons. The summed E-state index contributed by atoms with van der Waals surface area (Å²) in [5.74, 6) is -5.47. The molecule has 0 aromatic heterocycles. The van der Waals surface area contributed by atoms with Crippen LogP contribution >= 0.6 is 0 Å². The second kappa shape index (κ2) is 8.11. The zero-order chi connectivity index (χ0) is 23.8. The first-order valence-corrected chi connectivity index (χ1v) is 9.08. The molecule has 1 unspecified atom stereocenters. The number of alkyl halides is 3. The van der Waals surface area contributed by atoms with Crippen LogP contribution in [0.15, 0.2) is 71.2 Å². The van der Waals surface area contributed by atoms with Crippen LogP contribution in [0.3, 0.4) is 0 Å². The number of benzene rings is 2. The molecule has 2 aromatic rings. The van der Waals surface area contributed by atoms with Crippen molar-refractivity contribution in [3.63, 3.8) is 0 Å². The smallest absolute Gasteiger partial charge is 0.416 e. The molecular weight excluding hydrogens is 427 g/mol. The molecule has 1 aliphatic heterocycles. The molecule has 2 aromatic carbocycles. The Hall–Kier alpha value is -4.26. The van der Waals surface area contributed by atoms with Crippen LogP contribution < -0.4 is 20.8 Å². The normalized spacial score (nSPS) is 16.7. The lowest BCUT2D eigenvalue weighted by Gasteiger charge is -2.39. The highest BCUT2D eigenvalue weighted by atomic mass is 19.4. The zero-order valence-corrected chi connectivity index (χ0v) is 16.4. The number of rotatable bonds is 4. The van der Waals surface area contributed by atoms with E-state index in [1.165, 1.54) is 37.3 Å². The number of carbonyl (C=O) groups is 2. The van der Waals surface area contributed by atoms with Gasteiger partial charge in [-0.15, -0.1) is 0 Å². The van der Waals surface area contributed by atoms with Crippen LogP contribution in [0, 0.1) is 11.3 Å². The largest absolute Gasteiger partial charge is 0.545 e. The van der Waals surface area contributed by atoms with Gasteiger partial charge in [0.25, 0.3) is 0 Å². The summed E-state index contributed by atoms with van der Waals surface area (Å²) in [7, 11) is 0.